The summed E-state index contributed by atoms with van der Waals surface area (Å²) < 4.78 is 5.85. The van der Waals surface area contributed by atoms with E-state index in [0.717, 1.165) is 37.2 Å². The van der Waals surface area contributed by atoms with Crippen molar-refractivity contribution in [2.75, 3.05) is 26.2 Å². The summed E-state index contributed by atoms with van der Waals surface area (Å²) in [6.07, 6.45) is 2.02. The number of nitrogens with zero attached hydrogens (tertiary/aromatic N) is 1. The van der Waals surface area contributed by atoms with E-state index in [1.165, 1.54) is 0 Å². The monoisotopic (exact) mass is 251 g/mol. The summed E-state index contributed by atoms with van der Waals surface area (Å²) in [7, 11) is 0. The second-order valence-electron chi connectivity index (χ2n) is 4.76. The maximum Gasteiger partial charge on any atom is 0.123 e. The molecule has 0 aromatic heterocycles. The highest BCUT2D eigenvalue weighted by molar-refractivity contribution is 5.42. The summed E-state index contributed by atoms with van der Waals surface area (Å²) in [6.45, 7) is 4.80. The molecule has 1 atom stereocenters. The average molecular weight is 251 g/mol. The Balaban J connectivity index is 1.93. The first-order valence-corrected chi connectivity index (χ1v) is 6.54. The molecular weight excluding hydrogens is 230 g/mol. The molecule has 0 saturated carbocycles. The third kappa shape index (κ3) is 3.15. The molecule has 100 valence electrons. The van der Waals surface area contributed by atoms with Crippen molar-refractivity contribution >= 4 is 0 Å². The Morgan fingerprint density at radius 3 is 2.94 bits per heavy atom. The van der Waals surface area contributed by atoms with Crippen LogP contribution in [0.4, 0.5) is 0 Å². The minimum absolute atomic E-state index is 0.125. The van der Waals surface area contributed by atoms with Gasteiger partial charge < -0.3 is 14.9 Å². The number of phenols is 1. The smallest absolute Gasteiger partial charge is 0.123 e. The van der Waals surface area contributed by atoms with Crippen molar-refractivity contribution in [3.05, 3.63) is 23.8 Å². The first-order valence-electron chi connectivity index (χ1n) is 6.54. The van der Waals surface area contributed by atoms with E-state index in [1.54, 1.807) is 12.1 Å². The normalized spacial score (nSPS) is 17.8. The van der Waals surface area contributed by atoms with E-state index in [-0.39, 0.29) is 12.7 Å². The molecule has 0 amide bonds. The predicted octanol–water partition coefficient (Wildman–Crippen LogP) is 1.40. The van der Waals surface area contributed by atoms with Gasteiger partial charge in [-0.15, -0.1) is 0 Å². The number of aromatic hydroxyl groups is 1. The van der Waals surface area contributed by atoms with Crippen molar-refractivity contribution in [2.24, 2.45) is 0 Å². The molecule has 2 rings (SSSR count). The molecule has 2 N–H and O–H groups in total. The Bertz CT molecular complexity index is 389. The van der Waals surface area contributed by atoms with Crippen LogP contribution >= 0.6 is 0 Å². The second-order valence-corrected chi connectivity index (χ2v) is 4.76. The lowest BCUT2D eigenvalue weighted by Gasteiger charge is -2.23. The van der Waals surface area contributed by atoms with Crippen molar-refractivity contribution in [2.45, 2.75) is 25.9 Å². The first-order chi connectivity index (χ1) is 8.72. The number of hydrogen-bond acceptors (Lipinski definition) is 4. The van der Waals surface area contributed by atoms with E-state index < -0.39 is 0 Å². The third-order valence-electron chi connectivity index (χ3n) is 3.20. The number of phenolic OH excluding ortho intramolecular Hbond substituents is 1. The predicted molar refractivity (Wildman–Crippen MR) is 70.0 cm³/mol. The molecule has 0 bridgehead atoms. The number of aliphatic hydroxyl groups is 1. The van der Waals surface area contributed by atoms with Gasteiger partial charge in [0.15, 0.2) is 0 Å². The number of aliphatic hydroxyl groups excluding tert-OH is 1. The number of hydrogen-bond donors (Lipinski definition) is 2. The molecule has 1 aliphatic rings. The Hall–Kier alpha value is -1.26. The SMILES string of the molecule is CCCN(CCO)CC1Cc2cc(O)ccc2O1. The topological polar surface area (TPSA) is 52.9 Å². The lowest BCUT2D eigenvalue weighted by molar-refractivity contribution is 0.129. The molecule has 1 aliphatic heterocycles. The minimum atomic E-state index is 0.125. The Labute approximate surface area is 108 Å². The van der Waals surface area contributed by atoms with Crippen LogP contribution in [-0.2, 0) is 6.42 Å². The lowest BCUT2D eigenvalue weighted by atomic mass is 10.1. The van der Waals surface area contributed by atoms with Crippen molar-refractivity contribution < 1.29 is 14.9 Å². The Morgan fingerprint density at radius 2 is 2.22 bits per heavy atom. The van der Waals surface area contributed by atoms with Crippen LogP contribution in [0.25, 0.3) is 0 Å². The van der Waals surface area contributed by atoms with Crippen LogP contribution < -0.4 is 4.74 Å². The van der Waals surface area contributed by atoms with Crippen LogP contribution in [0.15, 0.2) is 18.2 Å². The van der Waals surface area contributed by atoms with E-state index in [0.29, 0.717) is 12.3 Å². The van der Waals surface area contributed by atoms with Gasteiger partial charge in [-0.25, -0.2) is 0 Å². The van der Waals surface area contributed by atoms with Crippen molar-refractivity contribution in [1.29, 1.82) is 0 Å². The summed E-state index contributed by atoms with van der Waals surface area (Å²) in [4.78, 5) is 2.22. The number of rotatable bonds is 6. The fraction of sp³-hybridized carbons (Fsp3) is 0.571. The van der Waals surface area contributed by atoms with E-state index in [2.05, 4.69) is 11.8 Å². The van der Waals surface area contributed by atoms with E-state index in [9.17, 15) is 5.11 Å². The molecule has 18 heavy (non-hydrogen) atoms. The minimum Gasteiger partial charge on any atom is -0.508 e. The molecule has 1 aromatic rings. The summed E-state index contributed by atoms with van der Waals surface area (Å²) in [5.41, 5.74) is 1.07. The highest BCUT2D eigenvalue weighted by Crippen LogP contribution is 2.31. The first kappa shape index (κ1) is 13.2. The van der Waals surface area contributed by atoms with Crippen LogP contribution in [0.3, 0.4) is 0 Å². The number of fused-ring (bicyclic) bond motifs is 1. The highest BCUT2D eigenvalue weighted by Gasteiger charge is 2.24. The van der Waals surface area contributed by atoms with Crippen molar-refractivity contribution in [3.8, 4) is 11.5 Å². The molecule has 1 unspecified atom stereocenters. The van der Waals surface area contributed by atoms with Crippen LogP contribution in [0.2, 0.25) is 0 Å². The molecule has 0 saturated heterocycles. The van der Waals surface area contributed by atoms with Gasteiger partial charge in [0.1, 0.15) is 17.6 Å². The van der Waals surface area contributed by atoms with Gasteiger partial charge in [-0.2, -0.15) is 0 Å². The molecule has 0 spiro atoms. The Morgan fingerprint density at radius 1 is 1.39 bits per heavy atom. The second kappa shape index (κ2) is 6.07. The summed E-state index contributed by atoms with van der Waals surface area (Å²) in [5.74, 6) is 1.16. The third-order valence-corrected chi connectivity index (χ3v) is 3.20. The Kier molecular flexibility index (Phi) is 4.44. The lowest BCUT2D eigenvalue weighted by Crippen LogP contribution is -2.37. The molecule has 0 fully saturated rings. The molecule has 4 nitrogen and oxygen atoms in total. The number of ether oxygens (including phenoxy) is 1. The van der Waals surface area contributed by atoms with Crippen LogP contribution in [0.1, 0.15) is 18.9 Å². The summed E-state index contributed by atoms with van der Waals surface area (Å²) in [5, 5.41) is 18.5. The zero-order chi connectivity index (χ0) is 13.0. The molecule has 0 aliphatic carbocycles. The summed E-state index contributed by atoms with van der Waals surface area (Å²) >= 11 is 0. The zero-order valence-corrected chi connectivity index (χ0v) is 10.8. The fourth-order valence-corrected chi connectivity index (χ4v) is 2.45. The molecule has 1 aromatic carbocycles. The average Bonchev–Trinajstić information content (AvgIpc) is 2.71. The maximum atomic E-state index is 9.43. The van der Waals surface area contributed by atoms with E-state index in [4.69, 9.17) is 9.84 Å². The zero-order valence-electron chi connectivity index (χ0n) is 10.8. The van der Waals surface area contributed by atoms with Crippen molar-refractivity contribution in [1.82, 2.24) is 4.90 Å². The molecule has 0 radical (unpaired) electrons. The molecule has 4 heteroatoms. The van der Waals surface area contributed by atoms with Gasteiger partial charge in [0.25, 0.3) is 0 Å². The van der Waals surface area contributed by atoms with Gasteiger partial charge in [-0.3, -0.25) is 4.90 Å². The highest BCUT2D eigenvalue weighted by atomic mass is 16.5. The van der Waals surface area contributed by atoms with E-state index in [1.807, 2.05) is 6.07 Å². The van der Waals surface area contributed by atoms with Gasteiger partial charge in [-0.1, -0.05) is 6.92 Å². The van der Waals surface area contributed by atoms with E-state index >= 15 is 0 Å². The van der Waals surface area contributed by atoms with Crippen LogP contribution in [-0.4, -0.2) is 47.5 Å². The van der Waals surface area contributed by atoms with Gasteiger partial charge >= 0.3 is 0 Å². The van der Waals surface area contributed by atoms with Crippen molar-refractivity contribution in [3.63, 3.8) is 0 Å². The number of benzene rings is 1. The molecule has 1 heterocycles. The standard InChI is InChI=1S/C14H21NO3/c1-2-5-15(6-7-16)10-13-9-11-8-12(17)3-4-14(11)18-13/h3-4,8,13,16-17H,2,5-7,9-10H2,1H3. The largest absolute Gasteiger partial charge is 0.508 e. The van der Waals surface area contributed by atoms with Crippen LogP contribution in [0.5, 0.6) is 11.5 Å². The fourth-order valence-electron chi connectivity index (χ4n) is 2.45. The van der Waals surface area contributed by atoms with Gasteiger partial charge in [-0.05, 0) is 31.2 Å². The van der Waals surface area contributed by atoms with Gasteiger partial charge in [0, 0.05) is 25.1 Å². The van der Waals surface area contributed by atoms with Crippen LogP contribution in [0, 0.1) is 0 Å². The summed E-state index contributed by atoms with van der Waals surface area (Å²) in [6, 6.07) is 5.24. The molecular formula is C14H21NO3. The maximum absolute atomic E-state index is 9.43. The van der Waals surface area contributed by atoms with Gasteiger partial charge in [0.05, 0.1) is 6.61 Å². The van der Waals surface area contributed by atoms with Gasteiger partial charge in [0.2, 0.25) is 0 Å². The quantitative estimate of drug-likeness (QED) is 0.802.